The van der Waals surface area contributed by atoms with Crippen molar-refractivity contribution in [3.63, 3.8) is 0 Å². The van der Waals surface area contributed by atoms with Gasteiger partial charge in [-0.1, -0.05) is 113 Å². The highest BCUT2D eigenvalue weighted by Crippen LogP contribution is 2.36. The van der Waals surface area contributed by atoms with Gasteiger partial charge in [-0.15, -0.1) is 0 Å². The normalized spacial score (nSPS) is 11.9. The van der Waals surface area contributed by atoms with E-state index in [0.29, 0.717) is 0 Å². The minimum absolute atomic E-state index is 0.0366. The van der Waals surface area contributed by atoms with E-state index in [0.717, 1.165) is 11.4 Å². The molecule has 4 aromatic rings. The van der Waals surface area contributed by atoms with Crippen molar-refractivity contribution in [2.75, 3.05) is 5.32 Å². The van der Waals surface area contributed by atoms with Gasteiger partial charge in [0.05, 0.1) is 0 Å². The predicted molar refractivity (Wildman–Crippen MR) is 143 cm³/mol. The minimum Gasteiger partial charge on any atom is -0.355 e. The van der Waals surface area contributed by atoms with E-state index in [1.807, 2.05) is 0 Å². The van der Waals surface area contributed by atoms with Gasteiger partial charge in [-0.25, -0.2) is 0 Å². The fraction of sp³-hybridized carbons (Fsp3) is 0.250. The van der Waals surface area contributed by atoms with E-state index in [1.54, 1.807) is 0 Å². The van der Waals surface area contributed by atoms with E-state index in [1.165, 1.54) is 33.4 Å². The number of aryl methyl sites for hydroxylation is 2. The van der Waals surface area contributed by atoms with Gasteiger partial charge in [0.2, 0.25) is 0 Å². The number of rotatable bonds is 6. The van der Waals surface area contributed by atoms with Crippen LogP contribution in [-0.2, 0) is 10.8 Å². The Balaban J connectivity index is 1.58. The molecular weight excluding hydrogens is 398 g/mol. The molecule has 33 heavy (non-hydrogen) atoms. The average Bonchev–Trinajstić information content (AvgIpc) is 2.82. The molecule has 1 heteroatoms. The molecule has 1 N–H and O–H groups in total. The van der Waals surface area contributed by atoms with Gasteiger partial charge in [-0.3, -0.25) is 0 Å². The van der Waals surface area contributed by atoms with Crippen LogP contribution in [0.2, 0.25) is 0 Å². The molecule has 0 amide bonds. The molecule has 1 nitrogen and oxygen atoms in total. The molecule has 0 aliphatic heterocycles. The van der Waals surface area contributed by atoms with Crippen molar-refractivity contribution in [1.82, 2.24) is 0 Å². The van der Waals surface area contributed by atoms with Crippen LogP contribution in [0.15, 0.2) is 97.1 Å². The standard InChI is InChI=1S/C32H35N/c1-23-21-27(31(3,4)25-13-9-7-10-14-25)17-19-29(23)33-30-20-18-28(22-24(30)2)32(5,6)26-15-11-8-12-16-26/h7-22,33H,1-6H3. The summed E-state index contributed by atoms with van der Waals surface area (Å²) >= 11 is 0. The number of benzene rings is 4. The first-order valence-electron chi connectivity index (χ1n) is 11.8. The Morgan fingerprint density at radius 1 is 0.455 bits per heavy atom. The van der Waals surface area contributed by atoms with Crippen molar-refractivity contribution in [2.24, 2.45) is 0 Å². The lowest BCUT2D eigenvalue weighted by Gasteiger charge is -2.28. The molecule has 4 rings (SSSR count). The molecule has 4 aromatic carbocycles. The largest absolute Gasteiger partial charge is 0.355 e. The highest BCUT2D eigenvalue weighted by Gasteiger charge is 2.24. The number of hydrogen-bond acceptors (Lipinski definition) is 1. The first kappa shape index (κ1) is 22.9. The summed E-state index contributed by atoms with van der Waals surface area (Å²) in [7, 11) is 0. The second kappa shape index (κ2) is 8.90. The summed E-state index contributed by atoms with van der Waals surface area (Å²) in [4.78, 5) is 0. The molecule has 0 aliphatic rings. The summed E-state index contributed by atoms with van der Waals surface area (Å²) in [6.07, 6.45) is 0. The maximum absolute atomic E-state index is 3.68. The van der Waals surface area contributed by atoms with E-state index in [9.17, 15) is 0 Å². The van der Waals surface area contributed by atoms with Gasteiger partial charge in [-0.05, 0) is 59.4 Å². The summed E-state index contributed by atoms with van der Waals surface area (Å²) in [6.45, 7) is 13.6. The monoisotopic (exact) mass is 433 g/mol. The lowest BCUT2D eigenvalue weighted by Crippen LogP contribution is -2.19. The fourth-order valence-electron chi connectivity index (χ4n) is 4.57. The molecular formula is C32H35N. The van der Waals surface area contributed by atoms with Crippen LogP contribution in [0.4, 0.5) is 11.4 Å². The van der Waals surface area contributed by atoms with Crippen LogP contribution >= 0.6 is 0 Å². The van der Waals surface area contributed by atoms with Crippen LogP contribution in [0.25, 0.3) is 0 Å². The Bertz CT molecular complexity index is 1140. The van der Waals surface area contributed by atoms with Gasteiger partial charge in [0.15, 0.2) is 0 Å². The summed E-state index contributed by atoms with van der Waals surface area (Å²) in [5.74, 6) is 0. The van der Waals surface area contributed by atoms with Crippen molar-refractivity contribution in [3.05, 3.63) is 130 Å². The number of nitrogens with one attached hydrogen (secondary N) is 1. The molecule has 0 atom stereocenters. The van der Waals surface area contributed by atoms with Crippen LogP contribution in [-0.4, -0.2) is 0 Å². The third-order valence-corrected chi connectivity index (χ3v) is 7.16. The van der Waals surface area contributed by atoms with Crippen LogP contribution in [0, 0.1) is 13.8 Å². The summed E-state index contributed by atoms with van der Waals surface area (Å²) in [6, 6.07) is 35.0. The average molecular weight is 434 g/mol. The molecule has 0 spiro atoms. The third-order valence-electron chi connectivity index (χ3n) is 7.16. The lowest BCUT2D eigenvalue weighted by atomic mass is 9.77. The molecule has 0 radical (unpaired) electrons. The van der Waals surface area contributed by atoms with Gasteiger partial charge >= 0.3 is 0 Å². The molecule has 168 valence electrons. The zero-order chi connectivity index (χ0) is 23.6. The van der Waals surface area contributed by atoms with Crippen molar-refractivity contribution in [3.8, 4) is 0 Å². The topological polar surface area (TPSA) is 12.0 Å². The summed E-state index contributed by atoms with van der Waals surface area (Å²) in [5, 5.41) is 3.68. The van der Waals surface area contributed by atoms with Gasteiger partial charge in [0.1, 0.15) is 0 Å². The van der Waals surface area contributed by atoms with Crippen LogP contribution < -0.4 is 5.32 Å². The molecule has 0 unspecified atom stereocenters. The predicted octanol–water partition coefficient (Wildman–Crippen LogP) is 8.70. The third kappa shape index (κ3) is 4.59. The Morgan fingerprint density at radius 2 is 0.818 bits per heavy atom. The Morgan fingerprint density at radius 3 is 1.15 bits per heavy atom. The highest BCUT2D eigenvalue weighted by atomic mass is 14.9. The molecule has 0 bridgehead atoms. The zero-order valence-electron chi connectivity index (χ0n) is 20.7. The van der Waals surface area contributed by atoms with E-state index < -0.39 is 0 Å². The highest BCUT2D eigenvalue weighted by molar-refractivity contribution is 5.67. The van der Waals surface area contributed by atoms with Crippen LogP contribution in [0.3, 0.4) is 0 Å². The van der Waals surface area contributed by atoms with Gasteiger partial charge in [0, 0.05) is 22.2 Å². The Labute approximate surface area is 199 Å². The second-order valence-electron chi connectivity index (χ2n) is 10.2. The van der Waals surface area contributed by atoms with Crippen molar-refractivity contribution < 1.29 is 0 Å². The minimum atomic E-state index is -0.0366. The van der Waals surface area contributed by atoms with Crippen LogP contribution in [0.1, 0.15) is 61.1 Å². The van der Waals surface area contributed by atoms with Gasteiger partial charge < -0.3 is 5.32 Å². The maximum atomic E-state index is 3.68. The zero-order valence-corrected chi connectivity index (χ0v) is 20.7. The molecule has 0 saturated carbocycles. The maximum Gasteiger partial charge on any atom is 0.0414 e. The molecule has 0 fully saturated rings. The van der Waals surface area contributed by atoms with Crippen molar-refractivity contribution in [2.45, 2.75) is 52.4 Å². The summed E-state index contributed by atoms with van der Waals surface area (Å²) in [5.41, 5.74) is 10.1. The van der Waals surface area contributed by atoms with Crippen LogP contribution in [0.5, 0.6) is 0 Å². The summed E-state index contributed by atoms with van der Waals surface area (Å²) < 4.78 is 0. The van der Waals surface area contributed by atoms with E-state index in [-0.39, 0.29) is 10.8 Å². The first-order chi connectivity index (χ1) is 15.7. The quantitative estimate of drug-likeness (QED) is 0.320. The van der Waals surface area contributed by atoms with Crippen molar-refractivity contribution >= 4 is 11.4 Å². The van der Waals surface area contributed by atoms with Crippen molar-refractivity contribution in [1.29, 1.82) is 0 Å². The smallest absolute Gasteiger partial charge is 0.0414 e. The van der Waals surface area contributed by atoms with E-state index in [2.05, 4.69) is 144 Å². The van der Waals surface area contributed by atoms with Gasteiger partial charge in [-0.2, -0.15) is 0 Å². The number of hydrogen-bond donors (Lipinski definition) is 1. The second-order valence-corrected chi connectivity index (χ2v) is 10.2. The number of anilines is 2. The fourth-order valence-corrected chi connectivity index (χ4v) is 4.57. The van der Waals surface area contributed by atoms with E-state index in [4.69, 9.17) is 0 Å². The Kier molecular flexibility index (Phi) is 6.17. The first-order valence-corrected chi connectivity index (χ1v) is 11.8. The molecule has 0 aromatic heterocycles. The SMILES string of the molecule is Cc1cc(C(C)(C)c2ccccc2)ccc1Nc1ccc(C(C)(C)c2ccccc2)cc1C. The molecule has 0 heterocycles. The van der Waals surface area contributed by atoms with Gasteiger partial charge in [0.25, 0.3) is 0 Å². The Hall–Kier alpha value is -3.32. The molecule has 0 aliphatic carbocycles. The van der Waals surface area contributed by atoms with E-state index >= 15 is 0 Å². The molecule has 0 saturated heterocycles. The lowest BCUT2D eigenvalue weighted by molar-refractivity contribution is 0.640.